The van der Waals surface area contributed by atoms with Gasteiger partial charge in [0.15, 0.2) is 0 Å². The van der Waals surface area contributed by atoms with Crippen LogP contribution in [-0.4, -0.2) is 30.4 Å². The first-order valence-electron chi connectivity index (χ1n) is 7.21. The molecule has 2 aromatic rings. The number of nitrogens with zero attached hydrogens (tertiary/aromatic N) is 1. The molecule has 22 heavy (non-hydrogen) atoms. The van der Waals surface area contributed by atoms with Gasteiger partial charge in [0.05, 0.1) is 11.1 Å². The summed E-state index contributed by atoms with van der Waals surface area (Å²) in [6.45, 7) is 6.10. The summed E-state index contributed by atoms with van der Waals surface area (Å²) in [5.74, 6) is -0.198. The Morgan fingerprint density at radius 2 is 1.95 bits per heavy atom. The topological polar surface area (TPSA) is 71.1 Å². The standard InChI is InChI=1S/C17H21N3O2/c1-11(21)20-10-17(2,3)14-7-5-6-12-13(16(22)18-4)8-9-19-15(12)14/h5-9H,10H2,1-4H3,(H,18,22)(H,20,21). The molecule has 0 spiro atoms. The van der Waals surface area contributed by atoms with Gasteiger partial charge in [-0.3, -0.25) is 14.6 Å². The highest BCUT2D eigenvalue weighted by molar-refractivity contribution is 6.06. The molecule has 2 amide bonds. The summed E-state index contributed by atoms with van der Waals surface area (Å²) >= 11 is 0. The quantitative estimate of drug-likeness (QED) is 0.907. The molecular formula is C17H21N3O2. The van der Waals surface area contributed by atoms with Gasteiger partial charge in [0, 0.05) is 37.5 Å². The van der Waals surface area contributed by atoms with Crippen molar-refractivity contribution < 1.29 is 9.59 Å². The lowest BCUT2D eigenvalue weighted by atomic mass is 9.82. The third-order valence-electron chi connectivity index (χ3n) is 3.75. The predicted molar refractivity (Wildman–Crippen MR) is 86.8 cm³/mol. The van der Waals surface area contributed by atoms with Crippen LogP contribution in [0.4, 0.5) is 0 Å². The van der Waals surface area contributed by atoms with Crippen molar-refractivity contribution in [3.8, 4) is 0 Å². The third kappa shape index (κ3) is 3.08. The number of carbonyl (C=O) groups excluding carboxylic acids is 2. The second kappa shape index (κ2) is 6.13. The van der Waals surface area contributed by atoms with Crippen LogP contribution in [0, 0.1) is 0 Å². The highest BCUT2D eigenvalue weighted by atomic mass is 16.2. The Balaban J connectivity index is 2.56. The monoisotopic (exact) mass is 299 g/mol. The number of para-hydroxylation sites is 1. The molecule has 2 N–H and O–H groups in total. The van der Waals surface area contributed by atoms with Crippen LogP contribution in [0.1, 0.15) is 36.7 Å². The average molecular weight is 299 g/mol. The van der Waals surface area contributed by atoms with Crippen LogP contribution in [0.25, 0.3) is 10.9 Å². The summed E-state index contributed by atoms with van der Waals surface area (Å²) in [4.78, 5) is 27.7. The molecule has 0 fully saturated rings. The van der Waals surface area contributed by atoms with Crippen LogP contribution in [0.2, 0.25) is 0 Å². The van der Waals surface area contributed by atoms with Crippen molar-refractivity contribution in [3.05, 3.63) is 41.6 Å². The molecule has 0 saturated heterocycles. The number of amides is 2. The van der Waals surface area contributed by atoms with E-state index in [1.807, 2.05) is 32.0 Å². The fourth-order valence-corrected chi connectivity index (χ4v) is 2.50. The Labute approximate surface area is 130 Å². The van der Waals surface area contributed by atoms with Crippen LogP contribution in [0.5, 0.6) is 0 Å². The molecule has 0 bridgehead atoms. The highest BCUT2D eigenvalue weighted by Crippen LogP contribution is 2.30. The molecule has 0 radical (unpaired) electrons. The number of rotatable bonds is 4. The molecule has 5 heteroatoms. The normalized spacial score (nSPS) is 11.3. The number of hydrogen-bond acceptors (Lipinski definition) is 3. The van der Waals surface area contributed by atoms with Crippen molar-refractivity contribution in [3.63, 3.8) is 0 Å². The van der Waals surface area contributed by atoms with Gasteiger partial charge in [0.1, 0.15) is 0 Å². The van der Waals surface area contributed by atoms with Crippen molar-refractivity contribution in [2.45, 2.75) is 26.2 Å². The largest absolute Gasteiger partial charge is 0.355 e. The lowest BCUT2D eigenvalue weighted by molar-refractivity contribution is -0.119. The molecule has 0 atom stereocenters. The van der Waals surface area contributed by atoms with E-state index in [9.17, 15) is 9.59 Å². The van der Waals surface area contributed by atoms with Crippen LogP contribution in [-0.2, 0) is 10.2 Å². The molecule has 2 rings (SSSR count). The smallest absolute Gasteiger partial charge is 0.251 e. The van der Waals surface area contributed by atoms with Gasteiger partial charge in [-0.05, 0) is 11.6 Å². The van der Waals surface area contributed by atoms with E-state index in [1.54, 1.807) is 19.3 Å². The van der Waals surface area contributed by atoms with E-state index in [0.717, 1.165) is 16.5 Å². The van der Waals surface area contributed by atoms with Crippen molar-refractivity contribution in [2.24, 2.45) is 0 Å². The summed E-state index contributed by atoms with van der Waals surface area (Å²) in [5.41, 5.74) is 2.10. The van der Waals surface area contributed by atoms with Gasteiger partial charge in [-0.15, -0.1) is 0 Å². The number of hydrogen-bond donors (Lipinski definition) is 2. The predicted octanol–water partition coefficient (Wildman–Crippen LogP) is 2.01. The summed E-state index contributed by atoms with van der Waals surface area (Å²) in [7, 11) is 1.61. The Hall–Kier alpha value is -2.43. The van der Waals surface area contributed by atoms with E-state index in [0.29, 0.717) is 12.1 Å². The van der Waals surface area contributed by atoms with Crippen molar-refractivity contribution in [2.75, 3.05) is 13.6 Å². The minimum Gasteiger partial charge on any atom is -0.355 e. The maximum absolute atomic E-state index is 12.0. The summed E-state index contributed by atoms with van der Waals surface area (Å²) < 4.78 is 0. The zero-order chi connectivity index (χ0) is 16.3. The van der Waals surface area contributed by atoms with Gasteiger partial charge in [-0.2, -0.15) is 0 Å². The van der Waals surface area contributed by atoms with E-state index in [-0.39, 0.29) is 17.2 Å². The second-order valence-corrected chi connectivity index (χ2v) is 5.93. The molecule has 0 unspecified atom stereocenters. The number of nitrogens with one attached hydrogen (secondary N) is 2. The van der Waals surface area contributed by atoms with Gasteiger partial charge in [-0.25, -0.2) is 0 Å². The first-order chi connectivity index (χ1) is 10.4. The molecule has 0 saturated carbocycles. The molecule has 0 aliphatic carbocycles. The zero-order valence-electron chi connectivity index (χ0n) is 13.4. The maximum Gasteiger partial charge on any atom is 0.251 e. The van der Waals surface area contributed by atoms with Crippen molar-refractivity contribution in [1.29, 1.82) is 0 Å². The number of aromatic nitrogens is 1. The summed E-state index contributed by atoms with van der Waals surface area (Å²) in [5, 5.41) is 6.31. The average Bonchev–Trinajstić information content (AvgIpc) is 2.51. The molecule has 116 valence electrons. The molecule has 1 aromatic carbocycles. The van der Waals surface area contributed by atoms with Crippen LogP contribution >= 0.6 is 0 Å². The SMILES string of the molecule is CNC(=O)c1ccnc2c(C(C)(C)CNC(C)=O)cccc12. The fourth-order valence-electron chi connectivity index (χ4n) is 2.50. The van der Waals surface area contributed by atoms with Crippen molar-refractivity contribution in [1.82, 2.24) is 15.6 Å². The van der Waals surface area contributed by atoms with E-state index >= 15 is 0 Å². The summed E-state index contributed by atoms with van der Waals surface area (Å²) in [6.07, 6.45) is 1.64. The van der Waals surface area contributed by atoms with Gasteiger partial charge < -0.3 is 10.6 Å². The van der Waals surface area contributed by atoms with Crippen LogP contribution in [0.15, 0.2) is 30.5 Å². The van der Waals surface area contributed by atoms with Gasteiger partial charge >= 0.3 is 0 Å². The Kier molecular flexibility index (Phi) is 4.45. The molecule has 0 aliphatic rings. The highest BCUT2D eigenvalue weighted by Gasteiger charge is 2.24. The first-order valence-corrected chi connectivity index (χ1v) is 7.21. The minimum absolute atomic E-state index is 0.0627. The summed E-state index contributed by atoms with van der Waals surface area (Å²) in [6, 6.07) is 7.52. The number of pyridine rings is 1. The maximum atomic E-state index is 12.0. The lowest BCUT2D eigenvalue weighted by Gasteiger charge is -2.26. The lowest BCUT2D eigenvalue weighted by Crippen LogP contribution is -2.35. The number of carbonyl (C=O) groups is 2. The van der Waals surface area contributed by atoms with Gasteiger partial charge in [-0.1, -0.05) is 32.0 Å². The Morgan fingerprint density at radius 3 is 2.59 bits per heavy atom. The molecule has 1 heterocycles. The fraction of sp³-hybridized carbons (Fsp3) is 0.353. The van der Waals surface area contributed by atoms with Crippen LogP contribution < -0.4 is 10.6 Å². The minimum atomic E-state index is -0.292. The van der Waals surface area contributed by atoms with E-state index < -0.39 is 0 Å². The second-order valence-electron chi connectivity index (χ2n) is 5.93. The van der Waals surface area contributed by atoms with E-state index in [4.69, 9.17) is 0 Å². The first kappa shape index (κ1) is 15.9. The molecule has 0 aliphatic heterocycles. The third-order valence-corrected chi connectivity index (χ3v) is 3.75. The van der Waals surface area contributed by atoms with Gasteiger partial charge in [0.2, 0.25) is 5.91 Å². The van der Waals surface area contributed by atoms with Crippen molar-refractivity contribution >= 4 is 22.7 Å². The molecule has 1 aromatic heterocycles. The molecular weight excluding hydrogens is 278 g/mol. The van der Waals surface area contributed by atoms with E-state index in [2.05, 4.69) is 15.6 Å². The number of benzene rings is 1. The number of fused-ring (bicyclic) bond motifs is 1. The van der Waals surface area contributed by atoms with Crippen LogP contribution in [0.3, 0.4) is 0 Å². The Bertz CT molecular complexity index is 723. The Morgan fingerprint density at radius 1 is 1.23 bits per heavy atom. The van der Waals surface area contributed by atoms with E-state index in [1.165, 1.54) is 6.92 Å². The zero-order valence-corrected chi connectivity index (χ0v) is 13.4. The van der Waals surface area contributed by atoms with Gasteiger partial charge in [0.25, 0.3) is 5.91 Å². The molecule has 5 nitrogen and oxygen atoms in total.